The molecule has 208 valence electrons. The van der Waals surface area contributed by atoms with Gasteiger partial charge < -0.3 is 33.9 Å². The SMILES string of the molecule is COc1ccc([C@@H](CC(=O)N2CCN(C)CC2)c2c(O)cc(O)c3c(=O)cc(-c4ccccc4)oc23)cc1OC. The lowest BCUT2D eigenvalue weighted by Gasteiger charge is -2.33. The maximum atomic E-state index is 13.6. The van der Waals surface area contributed by atoms with Gasteiger partial charge in [-0.15, -0.1) is 0 Å². The summed E-state index contributed by atoms with van der Waals surface area (Å²) in [6, 6.07) is 16.8. The Hall–Kier alpha value is -4.50. The van der Waals surface area contributed by atoms with E-state index in [1.807, 2.05) is 25.2 Å². The van der Waals surface area contributed by atoms with Gasteiger partial charge in [0.05, 0.1) is 14.2 Å². The number of nitrogens with zero attached hydrogens (tertiary/aromatic N) is 2. The zero-order valence-corrected chi connectivity index (χ0v) is 22.7. The van der Waals surface area contributed by atoms with Crippen molar-refractivity contribution in [3.8, 4) is 34.3 Å². The molecule has 4 aromatic rings. The average molecular weight is 545 g/mol. The normalized spacial score (nSPS) is 14.7. The van der Waals surface area contributed by atoms with Crippen molar-refractivity contribution in [1.82, 2.24) is 9.80 Å². The van der Waals surface area contributed by atoms with Crippen molar-refractivity contribution in [2.75, 3.05) is 47.4 Å². The number of ether oxygens (including phenoxy) is 2. The number of phenols is 2. The predicted octanol–water partition coefficient (Wildman–Crippen LogP) is 4.18. The fraction of sp³-hybridized carbons (Fsp3) is 0.290. The Bertz CT molecular complexity index is 1590. The lowest BCUT2D eigenvalue weighted by Crippen LogP contribution is -2.47. The van der Waals surface area contributed by atoms with Gasteiger partial charge in [-0.1, -0.05) is 36.4 Å². The maximum absolute atomic E-state index is 13.6. The van der Waals surface area contributed by atoms with Gasteiger partial charge in [-0.25, -0.2) is 0 Å². The number of carbonyl (C=O) groups is 1. The van der Waals surface area contributed by atoms with Crippen LogP contribution in [0.2, 0.25) is 0 Å². The summed E-state index contributed by atoms with van der Waals surface area (Å²) < 4.78 is 17.2. The number of phenolic OH excluding ortho intramolecular Hbond substituents is 2. The van der Waals surface area contributed by atoms with Crippen molar-refractivity contribution in [1.29, 1.82) is 0 Å². The van der Waals surface area contributed by atoms with E-state index in [1.165, 1.54) is 20.3 Å². The molecule has 9 nitrogen and oxygen atoms in total. The van der Waals surface area contributed by atoms with Gasteiger partial charge >= 0.3 is 0 Å². The van der Waals surface area contributed by atoms with Crippen LogP contribution in [0.5, 0.6) is 23.0 Å². The molecule has 1 aliphatic heterocycles. The number of likely N-dealkylation sites (N-methyl/N-ethyl adjacent to an activating group) is 1. The molecule has 1 aliphatic rings. The van der Waals surface area contributed by atoms with Crippen molar-refractivity contribution < 1.29 is 28.9 Å². The molecule has 0 spiro atoms. The third-order valence-electron chi connectivity index (χ3n) is 7.45. The summed E-state index contributed by atoms with van der Waals surface area (Å²) in [4.78, 5) is 30.9. The first kappa shape index (κ1) is 27.1. The van der Waals surface area contributed by atoms with E-state index in [0.29, 0.717) is 35.7 Å². The molecular weight excluding hydrogens is 512 g/mol. The molecule has 1 saturated heterocycles. The Morgan fingerprint density at radius 2 is 1.62 bits per heavy atom. The van der Waals surface area contributed by atoms with Crippen molar-refractivity contribution in [2.24, 2.45) is 0 Å². The summed E-state index contributed by atoms with van der Waals surface area (Å²) in [7, 11) is 5.07. The van der Waals surface area contributed by atoms with Crippen LogP contribution in [-0.4, -0.2) is 73.4 Å². The lowest BCUT2D eigenvalue weighted by molar-refractivity contribution is -0.133. The predicted molar refractivity (Wildman–Crippen MR) is 151 cm³/mol. The highest BCUT2D eigenvalue weighted by molar-refractivity contribution is 5.91. The van der Waals surface area contributed by atoms with Crippen LogP contribution < -0.4 is 14.9 Å². The van der Waals surface area contributed by atoms with Crippen LogP contribution in [0.25, 0.3) is 22.3 Å². The Kier molecular flexibility index (Phi) is 7.66. The van der Waals surface area contributed by atoms with E-state index in [2.05, 4.69) is 4.90 Å². The third kappa shape index (κ3) is 5.20. The van der Waals surface area contributed by atoms with E-state index in [4.69, 9.17) is 13.9 Å². The minimum Gasteiger partial charge on any atom is -0.507 e. The molecule has 2 heterocycles. The number of rotatable bonds is 7. The second kappa shape index (κ2) is 11.3. The van der Waals surface area contributed by atoms with E-state index in [0.717, 1.165) is 19.2 Å². The van der Waals surface area contributed by atoms with Crippen molar-refractivity contribution in [3.05, 3.63) is 82.0 Å². The summed E-state index contributed by atoms with van der Waals surface area (Å²) in [5, 5.41) is 21.9. The van der Waals surface area contributed by atoms with E-state index in [-0.39, 0.29) is 40.4 Å². The molecule has 5 rings (SSSR count). The van der Waals surface area contributed by atoms with Crippen LogP contribution in [0, 0.1) is 0 Å². The maximum Gasteiger partial charge on any atom is 0.223 e. The largest absolute Gasteiger partial charge is 0.507 e. The van der Waals surface area contributed by atoms with Gasteiger partial charge in [-0.05, 0) is 24.7 Å². The van der Waals surface area contributed by atoms with Gasteiger partial charge in [0.1, 0.15) is 28.2 Å². The summed E-state index contributed by atoms with van der Waals surface area (Å²) in [5.74, 6) is -0.287. The molecular formula is C31H32N2O7. The van der Waals surface area contributed by atoms with Gasteiger partial charge in [-0.3, -0.25) is 9.59 Å². The molecule has 2 N–H and O–H groups in total. The second-order valence-corrected chi connectivity index (χ2v) is 9.93. The molecule has 0 bridgehead atoms. The van der Waals surface area contributed by atoms with E-state index in [1.54, 1.807) is 35.2 Å². The summed E-state index contributed by atoms with van der Waals surface area (Å²) in [6.07, 6.45) is -0.00803. The van der Waals surface area contributed by atoms with Gasteiger partial charge in [0.25, 0.3) is 0 Å². The Morgan fingerprint density at radius 1 is 0.925 bits per heavy atom. The van der Waals surface area contributed by atoms with Gasteiger partial charge in [0.15, 0.2) is 16.9 Å². The molecule has 0 unspecified atom stereocenters. The van der Waals surface area contributed by atoms with Crippen LogP contribution in [0.15, 0.2) is 69.9 Å². The van der Waals surface area contributed by atoms with Crippen LogP contribution in [0.3, 0.4) is 0 Å². The summed E-state index contributed by atoms with van der Waals surface area (Å²) >= 11 is 0. The number of piperazine rings is 1. The molecule has 0 aliphatic carbocycles. The van der Waals surface area contributed by atoms with Crippen molar-refractivity contribution in [2.45, 2.75) is 12.3 Å². The highest BCUT2D eigenvalue weighted by Crippen LogP contribution is 2.44. The van der Waals surface area contributed by atoms with Crippen LogP contribution in [0.1, 0.15) is 23.5 Å². The van der Waals surface area contributed by atoms with E-state index < -0.39 is 17.1 Å². The van der Waals surface area contributed by atoms with Crippen molar-refractivity contribution in [3.63, 3.8) is 0 Å². The fourth-order valence-electron chi connectivity index (χ4n) is 5.22. The number of fused-ring (bicyclic) bond motifs is 1. The zero-order chi connectivity index (χ0) is 28.4. The lowest BCUT2D eigenvalue weighted by atomic mass is 9.85. The van der Waals surface area contributed by atoms with Crippen LogP contribution in [-0.2, 0) is 4.79 Å². The molecule has 9 heteroatoms. The molecule has 0 radical (unpaired) electrons. The first-order valence-electron chi connectivity index (χ1n) is 13.1. The monoisotopic (exact) mass is 544 g/mol. The highest BCUT2D eigenvalue weighted by Gasteiger charge is 2.31. The smallest absolute Gasteiger partial charge is 0.223 e. The number of amides is 1. The van der Waals surface area contributed by atoms with Gasteiger partial charge in [0, 0.05) is 61.8 Å². The number of aromatic hydroxyl groups is 2. The molecule has 1 atom stereocenters. The molecule has 40 heavy (non-hydrogen) atoms. The molecule has 1 amide bonds. The number of hydrogen-bond donors (Lipinski definition) is 2. The number of carbonyl (C=O) groups excluding carboxylic acids is 1. The van der Waals surface area contributed by atoms with Crippen molar-refractivity contribution >= 4 is 16.9 Å². The van der Waals surface area contributed by atoms with Crippen LogP contribution >= 0.6 is 0 Å². The highest BCUT2D eigenvalue weighted by atomic mass is 16.5. The van der Waals surface area contributed by atoms with E-state index >= 15 is 0 Å². The average Bonchev–Trinajstić information content (AvgIpc) is 2.96. The third-order valence-corrected chi connectivity index (χ3v) is 7.45. The Morgan fingerprint density at radius 3 is 2.30 bits per heavy atom. The Balaban J connectivity index is 1.72. The molecule has 1 aromatic heterocycles. The summed E-state index contributed by atoms with van der Waals surface area (Å²) in [6.45, 7) is 2.69. The zero-order valence-electron chi connectivity index (χ0n) is 22.7. The minimum absolute atomic E-state index is 0.00803. The first-order valence-corrected chi connectivity index (χ1v) is 13.1. The number of methoxy groups -OCH3 is 2. The van der Waals surface area contributed by atoms with E-state index in [9.17, 15) is 19.8 Å². The molecule has 0 saturated carbocycles. The topological polar surface area (TPSA) is 113 Å². The molecule has 3 aromatic carbocycles. The number of hydrogen-bond acceptors (Lipinski definition) is 8. The fourth-order valence-corrected chi connectivity index (χ4v) is 5.22. The number of benzene rings is 3. The first-order chi connectivity index (χ1) is 19.3. The minimum atomic E-state index is -0.732. The van der Waals surface area contributed by atoms with Crippen LogP contribution in [0.4, 0.5) is 0 Å². The second-order valence-electron chi connectivity index (χ2n) is 9.93. The standard InChI is InChI=1S/C31H32N2O7/c1-32-11-13-33(14-12-32)28(37)16-21(20-9-10-25(38-2)27(15-20)39-3)29-22(34)17-23(35)30-24(36)18-26(40-31(29)30)19-7-5-4-6-8-19/h4-10,15,17-18,21,34-35H,11-14,16H2,1-3H3/t21-/m1/s1. The summed E-state index contributed by atoms with van der Waals surface area (Å²) in [5.41, 5.74) is 1.10. The molecule has 1 fully saturated rings. The quantitative estimate of drug-likeness (QED) is 0.356. The Labute approximate surface area is 231 Å². The van der Waals surface area contributed by atoms with Gasteiger partial charge in [-0.2, -0.15) is 0 Å². The van der Waals surface area contributed by atoms with Gasteiger partial charge in [0.2, 0.25) is 5.91 Å².